The summed E-state index contributed by atoms with van der Waals surface area (Å²) in [6.07, 6.45) is 20.8. The predicted octanol–water partition coefficient (Wildman–Crippen LogP) is 19.1. The van der Waals surface area contributed by atoms with E-state index in [4.69, 9.17) is 0 Å². The number of nitrogens with zero attached hydrogens (tertiary/aromatic N) is 17. The van der Waals surface area contributed by atoms with Crippen molar-refractivity contribution < 1.29 is 41.5 Å². The largest absolute Gasteiger partial charge is 0.363 e. The number of pyridine rings is 9. The monoisotopic (exact) mass is 1740 g/mol. The second-order valence-corrected chi connectivity index (χ2v) is 32.5. The molecule has 5 amide bonds. The van der Waals surface area contributed by atoms with Crippen LogP contribution in [0.1, 0.15) is 114 Å². The van der Waals surface area contributed by atoms with Gasteiger partial charge in [-0.3, -0.25) is 68.5 Å². The van der Waals surface area contributed by atoms with Crippen LogP contribution in [0.2, 0.25) is 0 Å². The molecule has 26 heteroatoms. The molecule has 0 bridgehead atoms. The minimum absolute atomic E-state index is 0.0822. The van der Waals surface area contributed by atoms with Crippen molar-refractivity contribution in [2.45, 2.75) is 72.4 Å². The summed E-state index contributed by atoms with van der Waals surface area (Å²) in [4.78, 5) is 110. The number of hydrogen-bond donors (Lipinski definition) is 0. The smallest absolute Gasteiger partial charge is 0.273 e. The fourth-order valence-electron chi connectivity index (χ4n) is 16.5. The van der Waals surface area contributed by atoms with Gasteiger partial charge in [-0.25, -0.2) is 22.5 Å². The highest BCUT2D eigenvalue weighted by Crippen LogP contribution is 2.36. The van der Waals surface area contributed by atoms with Gasteiger partial charge in [-0.15, -0.1) is 0 Å². The number of aryl methyl sites for hydroxylation is 2. The van der Waals surface area contributed by atoms with Crippen molar-refractivity contribution in [3.63, 3.8) is 0 Å². The number of halogens is 4. The van der Waals surface area contributed by atoms with Gasteiger partial charge >= 0.3 is 0 Å². The summed E-state index contributed by atoms with van der Waals surface area (Å²) < 4.78 is 60.7. The van der Waals surface area contributed by atoms with Crippen molar-refractivity contribution in [1.82, 2.24) is 79.1 Å². The molecule has 5 aliphatic rings. The molecule has 10 aromatic heterocycles. The first kappa shape index (κ1) is 85.3. The Morgan fingerprint density at radius 3 is 1.34 bits per heavy atom. The molecule has 131 heavy (non-hydrogen) atoms. The number of aromatic nitrogens is 11. The maximum atomic E-state index is 14.9. The van der Waals surface area contributed by atoms with Gasteiger partial charge in [0.2, 0.25) is 0 Å². The quantitative estimate of drug-likeness (QED) is 0.0817. The van der Waals surface area contributed by atoms with Gasteiger partial charge in [0.05, 0.1) is 41.8 Å². The van der Waals surface area contributed by atoms with E-state index in [1.165, 1.54) is 24.3 Å². The zero-order valence-electron chi connectivity index (χ0n) is 71.7. The van der Waals surface area contributed by atoms with E-state index in [2.05, 4.69) is 50.0 Å². The van der Waals surface area contributed by atoms with Crippen LogP contribution in [0, 0.1) is 30.2 Å². The fraction of sp³-hybridized carbons (Fsp3) is 0.133. The van der Waals surface area contributed by atoms with E-state index in [0.29, 0.717) is 84.2 Å². The van der Waals surface area contributed by atoms with Gasteiger partial charge < -0.3 is 29.4 Å². The van der Waals surface area contributed by atoms with Crippen molar-refractivity contribution in [2.24, 2.45) is 7.05 Å². The van der Waals surface area contributed by atoms with Crippen molar-refractivity contribution in [3.8, 4) is 55.6 Å². The Hall–Kier alpha value is -16.5. The third-order valence-electron chi connectivity index (χ3n) is 23.4. The molecular formula is C105H83F4N17O5. The summed E-state index contributed by atoms with van der Waals surface area (Å²) in [5.74, 6) is -0.922. The normalized spacial score (nSPS) is 13.2. The van der Waals surface area contributed by atoms with Crippen LogP contribution in [0.15, 0.2) is 311 Å². The van der Waals surface area contributed by atoms with E-state index in [1.54, 1.807) is 116 Å². The van der Waals surface area contributed by atoms with Crippen LogP contribution in [-0.4, -0.2) is 123 Å². The highest BCUT2D eigenvalue weighted by molar-refractivity contribution is 6.00. The molecule has 0 radical (unpaired) electrons. The van der Waals surface area contributed by atoms with Gasteiger partial charge in [0.1, 0.15) is 46.2 Å². The summed E-state index contributed by atoms with van der Waals surface area (Å²) in [7, 11) is 5.73. The lowest BCUT2D eigenvalue weighted by Crippen LogP contribution is -2.24. The minimum atomic E-state index is -0.332. The molecule has 5 aliphatic heterocycles. The lowest BCUT2D eigenvalue weighted by molar-refractivity contribution is 0.0754. The fourth-order valence-corrected chi connectivity index (χ4v) is 16.5. The van der Waals surface area contributed by atoms with E-state index >= 15 is 0 Å². The van der Waals surface area contributed by atoms with Crippen molar-refractivity contribution in [1.29, 1.82) is 0 Å². The topological polar surface area (TPSA) is 239 Å². The molecule has 0 N–H and O–H groups in total. The number of rotatable bonds is 16. The van der Waals surface area contributed by atoms with E-state index in [9.17, 15) is 41.5 Å². The van der Waals surface area contributed by atoms with Crippen molar-refractivity contribution >= 4 is 57.0 Å². The predicted molar refractivity (Wildman–Crippen MR) is 490 cm³/mol. The molecule has 0 atom stereocenters. The molecule has 22 rings (SSSR count). The molecule has 0 unspecified atom stereocenters. The first-order valence-corrected chi connectivity index (χ1v) is 42.4. The second kappa shape index (κ2) is 37.6. The van der Waals surface area contributed by atoms with Crippen LogP contribution in [0.4, 0.5) is 23.4 Å². The Morgan fingerprint density at radius 1 is 0.328 bits per heavy atom. The summed E-state index contributed by atoms with van der Waals surface area (Å²) in [6.45, 7) is 5.78. The lowest BCUT2D eigenvalue weighted by atomic mass is 9.99. The molecule has 0 spiro atoms. The van der Waals surface area contributed by atoms with E-state index in [0.717, 1.165) is 128 Å². The summed E-state index contributed by atoms with van der Waals surface area (Å²) in [6, 6.07) is 72.1. The molecule has 0 aliphatic carbocycles. The minimum Gasteiger partial charge on any atom is -0.363 e. The Bertz CT molecular complexity index is 7250. The van der Waals surface area contributed by atoms with Crippen LogP contribution in [0.3, 0.4) is 0 Å². The Kier molecular flexibility index (Phi) is 24.5. The van der Waals surface area contributed by atoms with Crippen LogP contribution in [0.5, 0.6) is 0 Å². The van der Waals surface area contributed by atoms with Gasteiger partial charge in [0.15, 0.2) is 0 Å². The summed E-state index contributed by atoms with van der Waals surface area (Å²) in [5.41, 5.74) is 20.7. The number of amides is 5. The standard InChI is InChI=1S/2C23H16FN3O.C21H19FN4O.C20H16FN3O.C18H16N4O/c24-20-12-15(18-5-1-7-21-19(18)6-3-10-25-21)8-9-16(20)13-27-14-17-4-2-11-26-22(17)23(27)28;24-21-11-16(15-3-5-18-12-25-9-7-17(18)10-15)4-6-19(21)13-27-14-20-2-1-8-26-22(20)23(27)28;1-25(2)19-8-7-15(11-24-19)14-5-6-16(18(22)10-14)12-26-13-17-4-3-9-23-20(17)21(26)27;1-13-9-15(6-8-22-13)14-4-5-16(18(21)10-14)11-24-12-19-17(20(24)25)3-2-7-23-19;1-21-10-15(9-20-21)13-6-7-16(19-8-13)12-22-11-14-4-2-3-5-17(14)18(22)23/h2*1-12H,13-14H2;3-11H,12-13H2,1-2H3;2-10H,11-12H2,1H3;2-10H,11-12H2,1H3. The summed E-state index contributed by atoms with van der Waals surface area (Å²) >= 11 is 0. The third kappa shape index (κ3) is 18.7. The number of benzene rings is 7. The number of carbonyl (C=O) groups excluding carboxylic acids is 5. The molecule has 7 aromatic carbocycles. The molecule has 15 heterocycles. The zero-order valence-corrected chi connectivity index (χ0v) is 71.7. The number of carbonyl (C=O) groups is 5. The zero-order chi connectivity index (χ0) is 90.3. The molecule has 22 nitrogen and oxygen atoms in total. The number of fused-ring (bicyclic) bond motifs is 7. The SMILES string of the molecule is CN(C)c1ccc(-c2ccc(CN3Cc4cccnc4C3=O)c(F)c2)cn1.Cc1cc(-c2ccc(CN3Cc4ncccc4C3=O)c(F)c2)ccn1.Cn1cc(-c2ccc(CN3Cc4ccccc4C3=O)nc2)cn1.O=C1c2ncccc2CN1Cc1ccc(-c2ccc3cnccc3c2)cc1F.O=C1c2ncccc2CN1Cc1ccc(-c2cccc3ncccc23)cc1F. The van der Waals surface area contributed by atoms with Crippen molar-refractivity contribution in [3.05, 3.63) is 424 Å². The van der Waals surface area contributed by atoms with Gasteiger partial charge in [0, 0.05) is 219 Å². The maximum absolute atomic E-state index is 14.9. The van der Waals surface area contributed by atoms with E-state index in [-0.39, 0.29) is 79.0 Å². The van der Waals surface area contributed by atoms with Crippen LogP contribution < -0.4 is 4.90 Å². The highest BCUT2D eigenvalue weighted by atomic mass is 19.1. The van der Waals surface area contributed by atoms with Crippen LogP contribution in [-0.2, 0) is 72.5 Å². The molecular weight excluding hydrogens is 1660 g/mol. The molecule has 17 aromatic rings. The molecule has 646 valence electrons. The average Bonchev–Trinajstić information content (AvgIpc) is 1.76. The Morgan fingerprint density at radius 2 is 0.794 bits per heavy atom. The molecule has 0 saturated carbocycles. The lowest BCUT2D eigenvalue weighted by Gasteiger charge is -2.16. The van der Waals surface area contributed by atoms with Gasteiger partial charge in [-0.05, 0) is 172 Å². The average molecular weight is 1740 g/mol. The van der Waals surface area contributed by atoms with Gasteiger partial charge in [0.25, 0.3) is 29.5 Å². The maximum Gasteiger partial charge on any atom is 0.273 e. The first-order chi connectivity index (χ1) is 63.7. The van der Waals surface area contributed by atoms with Crippen molar-refractivity contribution in [2.75, 3.05) is 19.0 Å². The summed E-state index contributed by atoms with van der Waals surface area (Å²) in [5, 5.41) is 7.25. The second-order valence-electron chi connectivity index (χ2n) is 32.5. The number of hydrogen-bond acceptors (Lipinski definition) is 16. The Balaban J connectivity index is 0.000000110. The van der Waals surface area contributed by atoms with Gasteiger partial charge in [-0.1, -0.05) is 121 Å². The van der Waals surface area contributed by atoms with Gasteiger partial charge in [-0.2, -0.15) is 5.10 Å². The third-order valence-corrected chi connectivity index (χ3v) is 23.4. The first-order valence-electron chi connectivity index (χ1n) is 42.4. The van der Waals surface area contributed by atoms with Crippen LogP contribution in [0.25, 0.3) is 77.3 Å². The van der Waals surface area contributed by atoms with E-state index in [1.807, 2.05) is 233 Å². The highest BCUT2D eigenvalue weighted by Gasteiger charge is 2.34. The number of anilines is 1. The van der Waals surface area contributed by atoms with Crippen LogP contribution >= 0.6 is 0 Å². The van der Waals surface area contributed by atoms with E-state index < -0.39 is 0 Å². The molecule has 0 saturated heterocycles. The Labute approximate surface area is 751 Å². The molecule has 0 fully saturated rings.